The molecule has 0 amide bonds. The highest BCUT2D eigenvalue weighted by Crippen LogP contribution is 2.37. The van der Waals surface area contributed by atoms with Crippen molar-refractivity contribution in [2.45, 2.75) is 45.8 Å². The predicted octanol–water partition coefficient (Wildman–Crippen LogP) is 2.12. The SMILES string of the molecule is CNc1cc(C(=O)OC)cc(B2OC(C)(C)C(C)(C)O2)c1C. The number of carbonyl (C=O) groups is 1. The maximum atomic E-state index is 11.9. The van der Waals surface area contributed by atoms with Crippen molar-refractivity contribution in [1.29, 1.82) is 0 Å². The van der Waals surface area contributed by atoms with Crippen molar-refractivity contribution in [3.8, 4) is 0 Å². The van der Waals surface area contributed by atoms with Crippen molar-refractivity contribution >= 4 is 24.2 Å². The van der Waals surface area contributed by atoms with Crippen LogP contribution >= 0.6 is 0 Å². The highest BCUT2D eigenvalue weighted by molar-refractivity contribution is 6.63. The van der Waals surface area contributed by atoms with E-state index >= 15 is 0 Å². The molecule has 0 bridgehead atoms. The van der Waals surface area contributed by atoms with Gasteiger partial charge in [0, 0.05) is 12.7 Å². The van der Waals surface area contributed by atoms with Crippen molar-refractivity contribution in [2.75, 3.05) is 19.5 Å². The number of esters is 1. The molecule has 5 nitrogen and oxygen atoms in total. The van der Waals surface area contributed by atoms with Crippen LogP contribution in [0.5, 0.6) is 0 Å². The summed E-state index contributed by atoms with van der Waals surface area (Å²) in [5.41, 5.74) is 2.31. The number of benzene rings is 1. The van der Waals surface area contributed by atoms with Gasteiger partial charge in [0.15, 0.2) is 0 Å². The smallest absolute Gasteiger partial charge is 0.465 e. The third kappa shape index (κ3) is 2.73. The standard InChI is InChI=1S/C16H24BNO4/c1-10-12(17-21-15(2,3)16(4,5)22-17)8-11(14(19)20-7)9-13(10)18-6/h8-9,18H,1-7H3. The zero-order valence-corrected chi connectivity index (χ0v) is 14.4. The first-order valence-corrected chi connectivity index (χ1v) is 7.39. The molecule has 22 heavy (non-hydrogen) atoms. The summed E-state index contributed by atoms with van der Waals surface area (Å²) in [6.07, 6.45) is 0. The van der Waals surface area contributed by atoms with Crippen LogP contribution in [0, 0.1) is 6.92 Å². The van der Waals surface area contributed by atoms with E-state index in [0.29, 0.717) is 5.56 Å². The van der Waals surface area contributed by atoms with Crippen LogP contribution < -0.4 is 10.8 Å². The third-order valence-electron chi connectivity index (χ3n) is 4.65. The summed E-state index contributed by atoms with van der Waals surface area (Å²) >= 11 is 0. The van der Waals surface area contributed by atoms with Crippen LogP contribution in [0.3, 0.4) is 0 Å². The van der Waals surface area contributed by atoms with Crippen LogP contribution in [0.15, 0.2) is 12.1 Å². The maximum Gasteiger partial charge on any atom is 0.495 e. The second-order valence-corrected chi connectivity index (χ2v) is 6.57. The Kier molecular flexibility index (Phi) is 4.28. The van der Waals surface area contributed by atoms with E-state index in [-0.39, 0.29) is 5.97 Å². The number of hydrogen-bond acceptors (Lipinski definition) is 5. The first-order valence-electron chi connectivity index (χ1n) is 7.39. The molecule has 1 aliphatic heterocycles. The summed E-state index contributed by atoms with van der Waals surface area (Å²) in [4.78, 5) is 11.9. The zero-order chi connectivity index (χ0) is 16.7. The number of carbonyl (C=O) groups excluding carboxylic acids is 1. The summed E-state index contributed by atoms with van der Waals surface area (Å²) in [7, 11) is 2.68. The molecular formula is C16H24BNO4. The maximum absolute atomic E-state index is 11.9. The quantitative estimate of drug-likeness (QED) is 0.685. The van der Waals surface area contributed by atoms with Crippen molar-refractivity contribution < 1.29 is 18.8 Å². The number of anilines is 1. The molecule has 2 rings (SSSR count). The normalized spacial score (nSPS) is 19.1. The van der Waals surface area contributed by atoms with Gasteiger partial charge in [-0.1, -0.05) is 0 Å². The molecule has 120 valence electrons. The minimum Gasteiger partial charge on any atom is -0.465 e. The van der Waals surface area contributed by atoms with Crippen molar-refractivity contribution in [1.82, 2.24) is 0 Å². The number of methoxy groups -OCH3 is 1. The topological polar surface area (TPSA) is 56.8 Å². The Morgan fingerprint density at radius 3 is 2.18 bits per heavy atom. The van der Waals surface area contributed by atoms with E-state index in [2.05, 4.69) is 5.32 Å². The summed E-state index contributed by atoms with van der Waals surface area (Å²) in [5.74, 6) is -0.380. The molecule has 0 radical (unpaired) electrons. The van der Waals surface area contributed by atoms with Crippen molar-refractivity contribution in [3.63, 3.8) is 0 Å². The molecule has 0 aliphatic carbocycles. The monoisotopic (exact) mass is 305 g/mol. The minimum atomic E-state index is -0.512. The molecule has 1 aromatic carbocycles. The molecule has 1 aromatic rings. The third-order valence-corrected chi connectivity index (χ3v) is 4.65. The Balaban J connectivity index is 2.49. The lowest BCUT2D eigenvalue weighted by molar-refractivity contribution is 0.00578. The van der Waals surface area contributed by atoms with Crippen molar-refractivity contribution in [2.24, 2.45) is 0 Å². The first-order chi connectivity index (χ1) is 10.1. The molecule has 1 fully saturated rings. The Hall–Kier alpha value is -1.53. The molecule has 0 aromatic heterocycles. The Bertz CT molecular complexity index is 582. The largest absolute Gasteiger partial charge is 0.495 e. The van der Waals surface area contributed by atoms with Crippen molar-refractivity contribution in [3.05, 3.63) is 23.3 Å². The van der Waals surface area contributed by atoms with Gasteiger partial charge < -0.3 is 19.4 Å². The van der Waals surface area contributed by atoms with E-state index in [1.54, 1.807) is 12.1 Å². The molecule has 0 atom stereocenters. The number of nitrogens with one attached hydrogen (secondary N) is 1. The van der Waals surface area contributed by atoms with E-state index in [0.717, 1.165) is 16.7 Å². The Morgan fingerprint density at radius 1 is 1.18 bits per heavy atom. The van der Waals surface area contributed by atoms with E-state index in [9.17, 15) is 4.79 Å². The van der Waals surface area contributed by atoms with E-state index < -0.39 is 18.3 Å². The molecule has 1 heterocycles. The number of ether oxygens (including phenoxy) is 1. The lowest BCUT2D eigenvalue weighted by Crippen LogP contribution is -2.41. The average molecular weight is 305 g/mol. The van der Waals surface area contributed by atoms with Crippen LogP contribution in [0.4, 0.5) is 5.69 Å². The fourth-order valence-corrected chi connectivity index (χ4v) is 2.45. The van der Waals surface area contributed by atoms with Gasteiger partial charge in [-0.15, -0.1) is 0 Å². The molecule has 1 N–H and O–H groups in total. The molecule has 1 saturated heterocycles. The summed E-state index contributed by atoms with van der Waals surface area (Å²) in [5, 5.41) is 3.10. The first kappa shape index (κ1) is 16.8. The summed E-state index contributed by atoms with van der Waals surface area (Å²) in [6.45, 7) is 10.0. The molecular weight excluding hydrogens is 281 g/mol. The summed E-state index contributed by atoms with van der Waals surface area (Å²) in [6, 6.07) is 3.56. The minimum absolute atomic E-state index is 0.380. The molecule has 1 aliphatic rings. The van der Waals surface area contributed by atoms with Crippen LogP contribution in [0.1, 0.15) is 43.6 Å². The highest BCUT2D eigenvalue weighted by atomic mass is 16.7. The van der Waals surface area contributed by atoms with Gasteiger partial charge in [0.1, 0.15) is 0 Å². The molecule has 6 heteroatoms. The highest BCUT2D eigenvalue weighted by Gasteiger charge is 2.52. The van der Waals surface area contributed by atoms with E-state index in [4.69, 9.17) is 14.0 Å². The number of rotatable bonds is 3. The fourth-order valence-electron chi connectivity index (χ4n) is 2.45. The molecule has 0 spiro atoms. The van der Waals surface area contributed by atoms with Gasteiger partial charge in [-0.2, -0.15) is 0 Å². The van der Waals surface area contributed by atoms with Crippen LogP contribution in [-0.2, 0) is 14.0 Å². The van der Waals surface area contributed by atoms with Crippen LogP contribution in [-0.4, -0.2) is 38.4 Å². The molecule has 0 saturated carbocycles. The zero-order valence-electron chi connectivity index (χ0n) is 14.4. The van der Waals surface area contributed by atoms with Crippen LogP contribution in [0.2, 0.25) is 0 Å². The van der Waals surface area contributed by atoms with Gasteiger partial charge in [0.05, 0.1) is 23.9 Å². The van der Waals surface area contributed by atoms with E-state index in [1.165, 1.54) is 7.11 Å². The fraction of sp³-hybridized carbons (Fsp3) is 0.562. The van der Waals surface area contributed by atoms with Gasteiger partial charge in [0.25, 0.3) is 0 Å². The van der Waals surface area contributed by atoms with Gasteiger partial charge in [-0.25, -0.2) is 4.79 Å². The lowest BCUT2D eigenvalue weighted by Gasteiger charge is -2.32. The average Bonchev–Trinajstić information content (AvgIpc) is 2.66. The van der Waals surface area contributed by atoms with E-state index in [1.807, 2.05) is 41.7 Å². The second-order valence-electron chi connectivity index (χ2n) is 6.57. The Morgan fingerprint density at radius 2 is 1.73 bits per heavy atom. The predicted molar refractivity (Wildman–Crippen MR) is 87.8 cm³/mol. The Labute approximate surface area is 132 Å². The lowest BCUT2D eigenvalue weighted by atomic mass is 9.75. The van der Waals surface area contributed by atoms with Gasteiger partial charge >= 0.3 is 13.1 Å². The van der Waals surface area contributed by atoms with Gasteiger partial charge in [-0.3, -0.25) is 0 Å². The van der Waals surface area contributed by atoms with Crippen LogP contribution in [0.25, 0.3) is 0 Å². The summed E-state index contributed by atoms with van der Waals surface area (Å²) < 4.78 is 17.0. The number of hydrogen-bond donors (Lipinski definition) is 1. The van der Waals surface area contributed by atoms with Gasteiger partial charge in [0.2, 0.25) is 0 Å². The molecule has 0 unspecified atom stereocenters. The van der Waals surface area contributed by atoms with Gasteiger partial charge in [-0.05, 0) is 57.8 Å². The second kappa shape index (κ2) is 5.59.